The second-order valence-electron chi connectivity index (χ2n) is 7.29. The molecule has 0 saturated heterocycles. The van der Waals surface area contributed by atoms with Crippen molar-refractivity contribution in [2.75, 3.05) is 0 Å². The molecular weight excluding hydrogens is 400 g/mol. The van der Waals surface area contributed by atoms with Gasteiger partial charge in [0.05, 0.1) is 11.8 Å². The van der Waals surface area contributed by atoms with Crippen molar-refractivity contribution in [1.29, 1.82) is 0 Å². The van der Waals surface area contributed by atoms with Crippen molar-refractivity contribution >= 4 is 29.4 Å². The number of nitrogens with zero attached hydrogens (tertiary/aromatic N) is 3. The molecule has 1 aliphatic rings. The van der Waals surface area contributed by atoms with Crippen molar-refractivity contribution in [3.05, 3.63) is 69.1 Å². The molecule has 0 saturated carbocycles. The zero-order valence-corrected chi connectivity index (χ0v) is 17.6. The number of hydrogen-bond donors (Lipinski definition) is 2. The highest BCUT2D eigenvalue weighted by Gasteiger charge is 2.27. The van der Waals surface area contributed by atoms with Crippen molar-refractivity contribution in [3.63, 3.8) is 0 Å². The van der Waals surface area contributed by atoms with E-state index in [1.807, 2.05) is 24.5 Å². The second kappa shape index (κ2) is 8.23. The average Bonchev–Trinajstić information content (AvgIpc) is 3.25. The molecule has 30 heavy (non-hydrogen) atoms. The number of carbonyl (C=O) groups excluding carboxylic acids is 1. The fraction of sp³-hybridized carbons (Fsp3) is 0.273. The minimum absolute atomic E-state index is 0.318. The molecule has 0 bridgehead atoms. The van der Waals surface area contributed by atoms with E-state index in [0.717, 1.165) is 53.2 Å². The predicted molar refractivity (Wildman–Crippen MR) is 116 cm³/mol. The highest BCUT2D eigenvalue weighted by molar-refractivity contribution is 7.15. The van der Waals surface area contributed by atoms with Crippen LogP contribution in [0.15, 0.2) is 35.7 Å². The molecule has 3 aromatic rings. The Kier molecular flexibility index (Phi) is 5.50. The third-order valence-electron chi connectivity index (χ3n) is 5.35. The van der Waals surface area contributed by atoms with Crippen molar-refractivity contribution in [2.24, 2.45) is 5.10 Å². The van der Waals surface area contributed by atoms with E-state index in [0.29, 0.717) is 11.1 Å². The van der Waals surface area contributed by atoms with Gasteiger partial charge >= 0.3 is 5.97 Å². The number of hydrazone groups is 1. The fourth-order valence-electron chi connectivity index (χ4n) is 3.89. The lowest BCUT2D eigenvalue weighted by molar-refractivity contribution is 0.0695. The first-order valence-corrected chi connectivity index (χ1v) is 10.6. The van der Waals surface area contributed by atoms with Gasteiger partial charge in [0.15, 0.2) is 0 Å². The molecule has 0 aromatic carbocycles. The Morgan fingerprint density at radius 3 is 2.70 bits per heavy atom. The molecule has 2 N–H and O–H groups in total. The molecule has 4 rings (SSSR count). The number of pyridine rings is 1. The Morgan fingerprint density at radius 1 is 1.23 bits per heavy atom. The van der Waals surface area contributed by atoms with E-state index < -0.39 is 5.97 Å². The summed E-state index contributed by atoms with van der Waals surface area (Å²) in [5.41, 5.74) is 7.03. The molecular formula is C22H22N4O3S. The number of amides is 1. The number of fused-ring (bicyclic) bond motifs is 1. The van der Waals surface area contributed by atoms with Crippen molar-refractivity contribution in [1.82, 2.24) is 15.0 Å². The summed E-state index contributed by atoms with van der Waals surface area (Å²) in [5.74, 6) is -1.20. The van der Waals surface area contributed by atoms with Gasteiger partial charge in [0, 0.05) is 39.8 Å². The lowest BCUT2D eigenvalue weighted by atomic mass is 9.95. The van der Waals surface area contributed by atoms with Crippen LogP contribution in [0.5, 0.6) is 0 Å². The molecule has 8 heteroatoms. The first-order chi connectivity index (χ1) is 14.5. The van der Waals surface area contributed by atoms with Gasteiger partial charge in [0.25, 0.3) is 5.91 Å². The maximum absolute atomic E-state index is 12.1. The molecule has 0 fully saturated rings. The van der Waals surface area contributed by atoms with E-state index >= 15 is 0 Å². The maximum Gasteiger partial charge on any atom is 0.339 e. The van der Waals surface area contributed by atoms with Gasteiger partial charge in [-0.25, -0.2) is 10.2 Å². The minimum Gasteiger partial charge on any atom is -0.478 e. The monoisotopic (exact) mass is 422 g/mol. The summed E-state index contributed by atoms with van der Waals surface area (Å²) in [6.07, 6.45) is 8.58. The van der Waals surface area contributed by atoms with Crippen LogP contribution in [0.2, 0.25) is 0 Å². The highest BCUT2D eigenvalue weighted by Crippen LogP contribution is 2.38. The van der Waals surface area contributed by atoms with Crippen LogP contribution < -0.4 is 5.43 Å². The number of rotatable bonds is 5. The minimum atomic E-state index is -0.878. The van der Waals surface area contributed by atoms with Crippen LogP contribution in [-0.2, 0) is 12.8 Å². The Hall–Kier alpha value is -3.26. The Labute approximate surface area is 178 Å². The standard InChI is InChI=1S/C22H22N4O3S/c1-13-11-16(12-24-25-20(27)15-7-9-23-10-8-15)14(2)26(13)21-19(22(28)29)17-5-3-4-6-18(17)30-21/h7-12H,3-6H2,1-2H3,(H,25,27)(H,28,29). The topological polar surface area (TPSA) is 96.6 Å². The molecule has 0 unspecified atom stereocenters. The number of carboxylic acids is 1. The smallest absolute Gasteiger partial charge is 0.339 e. The Morgan fingerprint density at radius 2 is 1.97 bits per heavy atom. The molecule has 1 aliphatic carbocycles. The quantitative estimate of drug-likeness (QED) is 0.481. The lowest BCUT2D eigenvalue weighted by Crippen LogP contribution is -2.17. The third-order valence-corrected chi connectivity index (χ3v) is 6.63. The van der Waals surface area contributed by atoms with Crippen LogP contribution in [0.1, 0.15) is 60.9 Å². The second-order valence-corrected chi connectivity index (χ2v) is 8.38. The van der Waals surface area contributed by atoms with Crippen molar-refractivity contribution < 1.29 is 14.7 Å². The van der Waals surface area contributed by atoms with Gasteiger partial charge in [-0.05, 0) is 63.3 Å². The molecule has 0 atom stereocenters. The largest absolute Gasteiger partial charge is 0.478 e. The van der Waals surface area contributed by atoms with Gasteiger partial charge in [-0.1, -0.05) is 0 Å². The number of carboxylic acid groups (broad SMARTS) is 1. The first kappa shape index (κ1) is 20.0. The van der Waals surface area contributed by atoms with Gasteiger partial charge in [-0.2, -0.15) is 5.10 Å². The molecule has 7 nitrogen and oxygen atoms in total. The lowest BCUT2D eigenvalue weighted by Gasteiger charge is -2.11. The summed E-state index contributed by atoms with van der Waals surface area (Å²) >= 11 is 1.57. The van der Waals surface area contributed by atoms with Gasteiger partial charge in [0.2, 0.25) is 0 Å². The van der Waals surface area contributed by atoms with E-state index in [2.05, 4.69) is 15.5 Å². The number of aryl methyl sites for hydroxylation is 2. The van der Waals surface area contributed by atoms with Crippen LogP contribution in [0.25, 0.3) is 5.00 Å². The van der Waals surface area contributed by atoms with Gasteiger partial charge in [-0.3, -0.25) is 9.78 Å². The summed E-state index contributed by atoms with van der Waals surface area (Å²) in [6.45, 7) is 3.88. The molecule has 154 valence electrons. The highest BCUT2D eigenvalue weighted by atomic mass is 32.1. The first-order valence-electron chi connectivity index (χ1n) is 9.78. The summed E-state index contributed by atoms with van der Waals surface area (Å²) in [7, 11) is 0. The van der Waals surface area contributed by atoms with Gasteiger partial charge < -0.3 is 9.67 Å². The van der Waals surface area contributed by atoms with E-state index in [4.69, 9.17) is 0 Å². The zero-order valence-electron chi connectivity index (χ0n) is 16.8. The fourth-order valence-corrected chi connectivity index (χ4v) is 5.38. The van der Waals surface area contributed by atoms with Crippen LogP contribution >= 0.6 is 11.3 Å². The summed E-state index contributed by atoms with van der Waals surface area (Å²) < 4.78 is 1.98. The summed E-state index contributed by atoms with van der Waals surface area (Å²) in [5, 5.41) is 14.7. The van der Waals surface area contributed by atoms with Crippen LogP contribution in [0, 0.1) is 13.8 Å². The SMILES string of the molecule is Cc1cc(C=NNC(=O)c2ccncc2)c(C)n1-c1sc2c(c1C(=O)O)CCCC2. The molecule has 1 amide bonds. The summed E-state index contributed by atoms with van der Waals surface area (Å²) in [6, 6.07) is 5.17. The predicted octanol–water partition coefficient (Wildman–Crippen LogP) is 3.89. The number of aromatic nitrogens is 2. The summed E-state index contributed by atoms with van der Waals surface area (Å²) in [4.78, 5) is 29.2. The number of hydrogen-bond acceptors (Lipinski definition) is 5. The maximum atomic E-state index is 12.1. The molecule has 3 heterocycles. The van der Waals surface area contributed by atoms with Gasteiger partial charge in [0.1, 0.15) is 5.00 Å². The Balaban J connectivity index is 1.64. The normalized spacial score (nSPS) is 13.4. The van der Waals surface area contributed by atoms with Crippen molar-refractivity contribution in [2.45, 2.75) is 39.5 Å². The number of nitrogens with one attached hydrogen (secondary N) is 1. The van der Waals surface area contributed by atoms with Crippen LogP contribution in [-0.4, -0.2) is 32.7 Å². The van der Waals surface area contributed by atoms with Crippen LogP contribution in [0.4, 0.5) is 0 Å². The van der Waals surface area contributed by atoms with Crippen molar-refractivity contribution in [3.8, 4) is 5.00 Å². The molecule has 0 radical (unpaired) electrons. The molecule has 3 aromatic heterocycles. The number of thiophene rings is 1. The van der Waals surface area contributed by atoms with Crippen LogP contribution in [0.3, 0.4) is 0 Å². The Bertz CT molecular complexity index is 1150. The third kappa shape index (κ3) is 3.66. The van der Waals surface area contributed by atoms with E-state index in [1.165, 1.54) is 4.88 Å². The van der Waals surface area contributed by atoms with E-state index in [-0.39, 0.29) is 5.91 Å². The zero-order chi connectivity index (χ0) is 21.3. The molecule has 0 spiro atoms. The molecule has 0 aliphatic heterocycles. The van der Waals surface area contributed by atoms with E-state index in [9.17, 15) is 14.7 Å². The number of carbonyl (C=O) groups is 2. The average molecular weight is 423 g/mol. The number of aromatic carboxylic acids is 1. The van der Waals surface area contributed by atoms with Gasteiger partial charge in [-0.15, -0.1) is 11.3 Å². The van der Waals surface area contributed by atoms with E-state index in [1.54, 1.807) is 42.1 Å².